The summed E-state index contributed by atoms with van der Waals surface area (Å²) >= 11 is 9.92. The van der Waals surface area contributed by atoms with Crippen molar-refractivity contribution < 1.29 is 0 Å². The van der Waals surface area contributed by atoms with Gasteiger partial charge in [-0.15, -0.1) is 0 Å². The molecule has 1 atom stereocenters. The van der Waals surface area contributed by atoms with E-state index in [1.54, 1.807) is 0 Å². The van der Waals surface area contributed by atoms with Crippen LogP contribution in [0.4, 0.5) is 0 Å². The molecule has 1 aromatic rings. The first kappa shape index (κ1) is 15.8. The zero-order valence-corrected chi connectivity index (χ0v) is 14.6. The minimum absolute atomic E-state index is 0.220. The Morgan fingerprint density at radius 2 is 1.95 bits per heavy atom. The molecular formula is C16H23BrClN3. The highest BCUT2D eigenvalue weighted by molar-refractivity contribution is 9.10. The average Bonchev–Trinajstić information content (AvgIpc) is 3.29. The first-order chi connectivity index (χ1) is 10.2. The molecule has 0 aromatic heterocycles. The summed E-state index contributed by atoms with van der Waals surface area (Å²) in [5.74, 6) is 0.973. The second-order valence-corrected chi connectivity index (χ2v) is 7.52. The lowest BCUT2D eigenvalue weighted by atomic mass is 10.0. The number of rotatable bonds is 5. The van der Waals surface area contributed by atoms with Gasteiger partial charge in [-0.05, 0) is 42.5 Å². The molecule has 3 rings (SSSR count). The molecule has 1 unspecified atom stereocenters. The predicted octanol–water partition coefficient (Wildman–Crippen LogP) is 3.13. The number of halogens is 2. The molecule has 0 spiro atoms. The summed E-state index contributed by atoms with van der Waals surface area (Å²) in [6.45, 7) is 6.36. The molecule has 1 heterocycles. The molecule has 0 amide bonds. The van der Waals surface area contributed by atoms with Gasteiger partial charge in [0.25, 0.3) is 0 Å². The quantitative estimate of drug-likeness (QED) is 0.862. The average molecular weight is 373 g/mol. The van der Waals surface area contributed by atoms with Crippen molar-refractivity contribution in [2.45, 2.75) is 18.9 Å². The Kier molecular flexibility index (Phi) is 5.23. The largest absolute Gasteiger partial charge is 0.329 e. The van der Waals surface area contributed by atoms with Crippen LogP contribution in [0.3, 0.4) is 0 Å². The van der Waals surface area contributed by atoms with E-state index in [-0.39, 0.29) is 6.04 Å². The molecule has 2 fully saturated rings. The van der Waals surface area contributed by atoms with Gasteiger partial charge in [0.1, 0.15) is 0 Å². The number of hydrogen-bond donors (Lipinski definition) is 1. The highest BCUT2D eigenvalue weighted by Crippen LogP contribution is 2.32. The molecule has 3 nitrogen and oxygen atoms in total. The van der Waals surface area contributed by atoms with Gasteiger partial charge in [0.15, 0.2) is 0 Å². The maximum absolute atomic E-state index is 6.38. The Hall–Kier alpha value is -0.130. The van der Waals surface area contributed by atoms with E-state index < -0.39 is 0 Å². The number of hydrogen-bond acceptors (Lipinski definition) is 3. The second-order valence-electron chi connectivity index (χ2n) is 6.20. The predicted molar refractivity (Wildman–Crippen MR) is 91.7 cm³/mol. The lowest BCUT2D eigenvalue weighted by Crippen LogP contribution is -2.49. The summed E-state index contributed by atoms with van der Waals surface area (Å²) in [5, 5.41) is 0.814. The minimum Gasteiger partial charge on any atom is -0.329 e. The molecule has 21 heavy (non-hydrogen) atoms. The molecule has 1 aliphatic heterocycles. The number of nitrogens with zero attached hydrogens (tertiary/aromatic N) is 2. The van der Waals surface area contributed by atoms with E-state index in [4.69, 9.17) is 17.3 Å². The Labute approximate surface area is 140 Å². The van der Waals surface area contributed by atoms with E-state index in [1.807, 2.05) is 12.1 Å². The molecule has 116 valence electrons. The summed E-state index contributed by atoms with van der Waals surface area (Å²) in [7, 11) is 0. The van der Waals surface area contributed by atoms with Crippen molar-refractivity contribution in [3.8, 4) is 0 Å². The molecule has 2 aliphatic rings. The first-order valence-electron chi connectivity index (χ1n) is 7.79. The molecule has 1 aromatic carbocycles. The van der Waals surface area contributed by atoms with Crippen molar-refractivity contribution in [2.75, 3.05) is 39.3 Å². The van der Waals surface area contributed by atoms with E-state index >= 15 is 0 Å². The van der Waals surface area contributed by atoms with Gasteiger partial charge in [-0.1, -0.05) is 27.5 Å². The van der Waals surface area contributed by atoms with Crippen LogP contribution in [0.25, 0.3) is 0 Å². The van der Waals surface area contributed by atoms with Gasteiger partial charge in [-0.2, -0.15) is 0 Å². The Morgan fingerprint density at radius 1 is 1.24 bits per heavy atom. The molecule has 1 saturated carbocycles. The Morgan fingerprint density at radius 3 is 2.57 bits per heavy atom. The Bertz CT molecular complexity index is 484. The van der Waals surface area contributed by atoms with Crippen molar-refractivity contribution in [3.63, 3.8) is 0 Å². The molecular weight excluding hydrogens is 350 g/mol. The van der Waals surface area contributed by atoms with Crippen LogP contribution in [0.2, 0.25) is 5.02 Å². The van der Waals surface area contributed by atoms with Crippen molar-refractivity contribution in [1.29, 1.82) is 0 Å². The second kappa shape index (κ2) is 6.97. The van der Waals surface area contributed by atoms with Crippen molar-refractivity contribution >= 4 is 27.5 Å². The minimum atomic E-state index is 0.220. The van der Waals surface area contributed by atoms with Crippen LogP contribution in [0, 0.1) is 5.92 Å². The fourth-order valence-electron chi connectivity index (χ4n) is 3.17. The van der Waals surface area contributed by atoms with Gasteiger partial charge >= 0.3 is 0 Å². The summed E-state index contributed by atoms with van der Waals surface area (Å²) in [6.07, 6.45) is 2.86. The molecule has 1 saturated heterocycles. The van der Waals surface area contributed by atoms with Gasteiger partial charge in [-0.25, -0.2) is 0 Å². The lowest BCUT2D eigenvalue weighted by molar-refractivity contribution is 0.0956. The van der Waals surface area contributed by atoms with Crippen molar-refractivity contribution in [3.05, 3.63) is 33.3 Å². The molecule has 0 radical (unpaired) electrons. The van der Waals surface area contributed by atoms with Gasteiger partial charge in [-0.3, -0.25) is 4.90 Å². The Balaban J connectivity index is 1.65. The molecule has 0 bridgehead atoms. The molecule has 2 N–H and O–H groups in total. The summed E-state index contributed by atoms with van der Waals surface area (Å²) in [4.78, 5) is 5.08. The fourth-order valence-corrected chi connectivity index (χ4v) is 3.79. The van der Waals surface area contributed by atoms with Gasteiger partial charge < -0.3 is 10.6 Å². The van der Waals surface area contributed by atoms with E-state index in [2.05, 4.69) is 31.8 Å². The molecule has 1 aliphatic carbocycles. The normalized spacial score (nSPS) is 22.4. The third-order valence-electron chi connectivity index (χ3n) is 4.60. The first-order valence-corrected chi connectivity index (χ1v) is 8.96. The highest BCUT2D eigenvalue weighted by Gasteiger charge is 2.29. The lowest BCUT2D eigenvalue weighted by Gasteiger charge is -2.39. The van der Waals surface area contributed by atoms with E-state index in [0.717, 1.165) is 47.2 Å². The van der Waals surface area contributed by atoms with E-state index in [0.29, 0.717) is 6.54 Å². The van der Waals surface area contributed by atoms with Crippen LogP contribution in [0.15, 0.2) is 22.7 Å². The van der Waals surface area contributed by atoms with Gasteiger partial charge in [0.05, 0.1) is 0 Å². The monoisotopic (exact) mass is 371 g/mol. The van der Waals surface area contributed by atoms with E-state index in [1.165, 1.54) is 19.4 Å². The van der Waals surface area contributed by atoms with E-state index in [9.17, 15) is 0 Å². The third-order valence-corrected chi connectivity index (χ3v) is 5.44. The zero-order chi connectivity index (χ0) is 14.8. The summed E-state index contributed by atoms with van der Waals surface area (Å²) < 4.78 is 1.06. The smallest absolute Gasteiger partial charge is 0.0486 e. The zero-order valence-electron chi connectivity index (χ0n) is 12.3. The number of benzene rings is 1. The fraction of sp³-hybridized carbons (Fsp3) is 0.625. The molecule has 5 heteroatoms. The topological polar surface area (TPSA) is 32.5 Å². The van der Waals surface area contributed by atoms with Gasteiger partial charge in [0.2, 0.25) is 0 Å². The number of nitrogens with two attached hydrogens (primary N) is 1. The summed E-state index contributed by atoms with van der Waals surface area (Å²) in [5.41, 5.74) is 7.19. The van der Waals surface area contributed by atoms with Crippen LogP contribution in [0.1, 0.15) is 24.4 Å². The SMILES string of the molecule is NCC(c1cc(Br)ccc1Cl)N1CCN(CC2CC2)CC1. The standard InChI is InChI=1S/C16H23BrClN3/c17-13-3-4-15(18)14(9-13)16(10-19)21-7-5-20(6-8-21)11-12-1-2-12/h3-4,9,12,16H,1-2,5-8,10-11,19H2. The maximum Gasteiger partial charge on any atom is 0.0486 e. The third kappa shape index (κ3) is 3.99. The van der Waals surface area contributed by atoms with Crippen molar-refractivity contribution in [2.24, 2.45) is 11.7 Å². The van der Waals surface area contributed by atoms with Crippen molar-refractivity contribution in [1.82, 2.24) is 9.80 Å². The maximum atomic E-state index is 6.38. The van der Waals surface area contributed by atoms with Crippen LogP contribution in [-0.2, 0) is 0 Å². The highest BCUT2D eigenvalue weighted by atomic mass is 79.9. The van der Waals surface area contributed by atoms with Crippen LogP contribution in [0.5, 0.6) is 0 Å². The van der Waals surface area contributed by atoms with Gasteiger partial charge in [0, 0.05) is 54.8 Å². The van der Waals surface area contributed by atoms with Crippen LogP contribution in [-0.4, -0.2) is 49.1 Å². The van der Waals surface area contributed by atoms with Crippen LogP contribution < -0.4 is 5.73 Å². The summed E-state index contributed by atoms with van der Waals surface area (Å²) in [6, 6.07) is 6.26. The van der Waals surface area contributed by atoms with Crippen LogP contribution >= 0.6 is 27.5 Å². The number of piperazine rings is 1.